The molecule has 1 atom stereocenters. The van der Waals surface area contributed by atoms with Crippen LogP contribution in [-0.2, 0) is 23.8 Å². The number of hydrogen-bond donors (Lipinski definition) is 1. The zero-order valence-electron chi connectivity index (χ0n) is 15.5. The minimum absolute atomic E-state index is 0.162. The van der Waals surface area contributed by atoms with E-state index >= 15 is 0 Å². The zero-order valence-corrected chi connectivity index (χ0v) is 17.6. The van der Waals surface area contributed by atoms with Crippen molar-refractivity contribution in [2.24, 2.45) is 0 Å². The molecule has 0 bridgehead atoms. The van der Waals surface area contributed by atoms with Crippen molar-refractivity contribution in [1.82, 2.24) is 0 Å². The van der Waals surface area contributed by atoms with Gasteiger partial charge in [-0.3, -0.25) is 4.79 Å². The number of rotatable bonds is 2. The van der Waals surface area contributed by atoms with Gasteiger partial charge >= 0.3 is 6.18 Å². The van der Waals surface area contributed by atoms with E-state index in [0.29, 0.717) is 21.5 Å². The third kappa shape index (κ3) is 4.44. The third-order valence-corrected chi connectivity index (χ3v) is 6.34. The van der Waals surface area contributed by atoms with Crippen LogP contribution in [0, 0.1) is 0 Å². The van der Waals surface area contributed by atoms with Gasteiger partial charge in [-0.2, -0.15) is 13.2 Å². The van der Waals surface area contributed by atoms with Crippen LogP contribution >= 0.6 is 22.6 Å². The summed E-state index contributed by atoms with van der Waals surface area (Å²) >= 11 is 2.44. The second kappa shape index (κ2) is 8.01. The largest absolute Gasteiger partial charge is 0.493 e. The van der Waals surface area contributed by atoms with Crippen LogP contribution in [-0.4, -0.2) is 16.4 Å². The van der Waals surface area contributed by atoms with E-state index in [1.807, 2.05) is 12.1 Å². The molecule has 1 aliphatic heterocycles. The molecule has 1 aliphatic carbocycles. The monoisotopic (exact) mass is 513 g/mol. The van der Waals surface area contributed by atoms with Crippen molar-refractivity contribution in [1.29, 1.82) is 0 Å². The lowest BCUT2D eigenvalue weighted by molar-refractivity contribution is -0.137. The fraction of sp³-hybridized carbons (Fsp3) is 0.318. The van der Waals surface area contributed by atoms with Gasteiger partial charge in [0, 0.05) is 27.7 Å². The van der Waals surface area contributed by atoms with Crippen LogP contribution < -0.4 is 10.1 Å². The molecule has 2 aliphatic rings. The van der Waals surface area contributed by atoms with Gasteiger partial charge < -0.3 is 10.1 Å². The van der Waals surface area contributed by atoms with E-state index < -0.39 is 11.7 Å². The standard InChI is InChI=1S/C22H19F3INO2/c23-22(24,25)15-5-7-17-14(8-9-29-20(17)11-15)10-21(28)27-19-3-1-2-13-4-6-16(26)12-18(13)19/h1-3,5,7,10-11,16H,4,6,8-9,12H2,(H,27,28)/b14-10+. The number of aryl methyl sites for hydroxylation is 1. The highest BCUT2D eigenvalue weighted by Crippen LogP contribution is 2.38. The lowest BCUT2D eigenvalue weighted by atomic mass is 9.90. The summed E-state index contributed by atoms with van der Waals surface area (Å²) in [5.41, 5.74) is 3.69. The number of carbonyl (C=O) groups excluding carboxylic acids is 1. The van der Waals surface area contributed by atoms with Crippen LogP contribution in [0.15, 0.2) is 42.5 Å². The van der Waals surface area contributed by atoms with Crippen molar-refractivity contribution in [3.8, 4) is 5.75 Å². The summed E-state index contributed by atoms with van der Waals surface area (Å²) in [4.78, 5) is 12.7. The minimum Gasteiger partial charge on any atom is -0.493 e. The summed E-state index contributed by atoms with van der Waals surface area (Å²) in [5, 5.41) is 2.96. The van der Waals surface area contributed by atoms with Gasteiger partial charge in [-0.25, -0.2) is 0 Å². The number of ether oxygens (including phenoxy) is 1. The Bertz CT molecular complexity index is 985. The molecule has 0 saturated heterocycles. The highest BCUT2D eigenvalue weighted by Gasteiger charge is 2.32. The van der Waals surface area contributed by atoms with Gasteiger partial charge in [-0.1, -0.05) is 40.8 Å². The van der Waals surface area contributed by atoms with E-state index in [1.165, 1.54) is 23.3 Å². The maximum absolute atomic E-state index is 12.9. The first-order valence-electron chi connectivity index (χ1n) is 9.42. The van der Waals surface area contributed by atoms with Crippen LogP contribution in [0.2, 0.25) is 0 Å². The summed E-state index contributed by atoms with van der Waals surface area (Å²) < 4.78 is 44.8. The van der Waals surface area contributed by atoms with Gasteiger partial charge in [0.25, 0.3) is 0 Å². The molecule has 2 aromatic carbocycles. The van der Waals surface area contributed by atoms with Gasteiger partial charge in [-0.15, -0.1) is 0 Å². The Labute approximate surface area is 180 Å². The molecule has 7 heteroatoms. The van der Waals surface area contributed by atoms with E-state index in [1.54, 1.807) is 0 Å². The fourth-order valence-electron chi connectivity index (χ4n) is 3.83. The Kier molecular flexibility index (Phi) is 5.59. The summed E-state index contributed by atoms with van der Waals surface area (Å²) in [6, 6.07) is 9.33. The number of fused-ring (bicyclic) bond motifs is 2. The van der Waals surface area contributed by atoms with Crippen molar-refractivity contribution >= 4 is 39.8 Å². The molecule has 3 nitrogen and oxygen atoms in total. The number of anilines is 1. The lowest BCUT2D eigenvalue weighted by Crippen LogP contribution is -2.18. The first kappa shape index (κ1) is 20.3. The normalized spacial score (nSPS) is 19.9. The van der Waals surface area contributed by atoms with Crippen LogP contribution in [0.5, 0.6) is 5.75 Å². The maximum Gasteiger partial charge on any atom is 0.416 e. The molecular weight excluding hydrogens is 494 g/mol. The molecular formula is C22H19F3INO2. The summed E-state index contributed by atoms with van der Waals surface area (Å²) in [6.07, 6.45) is 0.554. The average molecular weight is 513 g/mol. The predicted octanol–water partition coefficient (Wildman–Crippen LogP) is 5.80. The molecule has 1 N–H and O–H groups in total. The van der Waals surface area contributed by atoms with Crippen molar-refractivity contribution < 1.29 is 22.7 Å². The SMILES string of the molecule is O=C(/C=C1\CCOc2cc(C(F)(F)F)ccc21)Nc1cccc2c1CC(I)CC2. The van der Waals surface area contributed by atoms with Gasteiger partial charge in [0.2, 0.25) is 5.91 Å². The molecule has 1 amide bonds. The molecule has 1 unspecified atom stereocenters. The molecule has 4 rings (SSSR count). The number of benzene rings is 2. The van der Waals surface area contributed by atoms with Crippen molar-refractivity contribution in [3.05, 3.63) is 64.7 Å². The summed E-state index contributed by atoms with van der Waals surface area (Å²) in [5.74, 6) is -0.119. The minimum atomic E-state index is -4.43. The molecule has 0 aromatic heterocycles. The first-order valence-corrected chi connectivity index (χ1v) is 10.7. The Morgan fingerprint density at radius 3 is 2.83 bits per heavy atom. The number of hydrogen-bond acceptors (Lipinski definition) is 2. The molecule has 1 heterocycles. The maximum atomic E-state index is 12.9. The second-order valence-corrected chi connectivity index (χ2v) is 9.01. The lowest BCUT2D eigenvalue weighted by Gasteiger charge is -2.23. The topological polar surface area (TPSA) is 38.3 Å². The number of halogens is 4. The van der Waals surface area contributed by atoms with Crippen molar-refractivity contribution in [3.63, 3.8) is 0 Å². The Morgan fingerprint density at radius 1 is 1.21 bits per heavy atom. The van der Waals surface area contributed by atoms with Crippen LogP contribution in [0.25, 0.3) is 5.57 Å². The molecule has 0 saturated carbocycles. The van der Waals surface area contributed by atoms with Crippen LogP contribution in [0.3, 0.4) is 0 Å². The zero-order chi connectivity index (χ0) is 20.6. The van der Waals surface area contributed by atoms with Crippen LogP contribution in [0.4, 0.5) is 18.9 Å². The van der Waals surface area contributed by atoms with E-state index in [2.05, 4.69) is 34.0 Å². The smallest absolute Gasteiger partial charge is 0.416 e. The fourth-order valence-corrected chi connectivity index (χ4v) is 4.58. The number of amides is 1. The van der Waals surface area contributed by atoms with Crippen LogP contribution in [0.1, 0.15) is 35.1 Å². The first-order chi connectivity index (χ1) is 13.8. The van der Waals surface area contributed by atoms with E-state index in [4.69, 9.17) is 4.74 Å². The molecule has 152 valence electrons. The molecule has 2 aromatic rings. The summed E-state index contributed by atoms with van der Waals surface area (Å²) in [7, 11) is 0. The molecule has 0 fully saturated rings. The van der Waals surface area contributed by atoms with E-state index in [0.717, 1.165) is 37.1 Å². The third-order valence-electron chi connectivity index (χ3n) is 5.27. The number of alkyl halides is 4. The van der Waals surface area contributed by atoms with Gasteiger partial charge in [0.15, 0.2) is 0 Å². The second-order valence-electron chi connectivity index (χ2n) is 7.25. The number of nitrogens with one attached hydrogen (secondary N) is 1. The molecule has 0 radical (unpaired) electrons. The average Bonchev–Trinajstić information content (AvgIpc) is 2.67. The predicted molar refractivity (Wildman–Crippen MR) is 114 cm³/mol. The van der Waals surface area contributed by atoms with Crippen molar-refractivity contribution in [2.45, 2.75) is 35.8 Å². The highest BCUT2D eigenvalue weighted by molar-refractivity contribution is 14.1. The Morgan fingerprint density at radius 2 is 2.03 bits per heavy atom. The van der Waals surface area contributed by atoms with Crippen molar-refractivity contribution in [2.75, 3.05) is 11.9 Å². The molecule has 29 heavy (non-hydrogen) atoms. The van der Waals surface area contributed by atoms with E-state index in [9.17, 15) is 18.0 Å². The Balaban J connectivity index is 1.58. The quantitative estimate of drug-likeness (QED) is 0.313. The summed E-state index contributed by atoms with van der Waals surface area (Å²) in [6.45, 7) is 0.241. The van der Waals surface area contributed by atoms with Gasteiger partial charge in [0.05, 0.1) is 12.2 Å². The molecule has 0 spiro atoms. The highest BCUT2D eigenvalue weighted by atomic mass is 127. The van der Waals surface area contributed by atoms with Gasteiger partial charge in [-0.05, 0) is 54.2 Å². The van der Waals surface area contributed by atoms with E-state index in [-0.39, 0.29) is 18.3 Å². The Hall–Kier alpha value is -2.03. The van der Waals surface area contributed by atoms with Gasteiger partial charge in [0.1, 0.15) is 5.75 Å². The number of carbonyl (C=O) groups is 1.